The molecule has 0 saturated heterocycles. The van der Waals surface area contributed by atoms with Crippen LogP contribution in [0.25, 0.3) is 0 Å². The summed E-state index contributed by atoms with van der Waals surface area (Å²) in [7, 11) is 0. The molecule has 0 radical (unpaired) electrons. The summed E-state index contributed by atoms with van der Waals surface area (Å²) in [6, 6.07) is 7.01. The van der Waals surface area contributed by atoms with Gasteiger partial charge in [0.15, 0.2) is 0 Å². The van der Waals surface area contributed by atoms with Crippen LogP contribution >= 0.6 is 0 Å². The van der Waals surface area contributed by atoms with E-state index in [2.05, 4.69) is 32.0 Å². The predicted octanol–water partition coefficient (Wildman–Crippen LogP) is 4.18. The second-order valence-corrected chi connectivity index (χ2v) is 5.66. The van der Waals surface area contributed by atoms with Crippen molar-refractivity contribution >= 4 is 0 Å². The highest BCUT2D eigenvalue weighted by atomic mass is 14.5. The lowest BCUT2D eigenvalue weighted by atomic mass is 9.65. The van der Waals surface area contributed by atoms with Gasteiger partial charge in [0.25, 0.3) is 0 Å². The molecule has 1 saturated carbocycles. The highest BCUT2D eigenvalue weighted by Gasteiger charge is 2.43. The van der Waals surface area contributed by atoms with E-state index in [0.29, 0.717) is 11.3 Å². The molecule has 1 aromatic carbocycles. The highest BCUT2D eigenvalue weighted by Crippen LogP contribution is 2.53. The minimum atomic E-state index is 0.625. The number of hydrogen-bond acceptors (Lipinski definition) is 0. The van der Waals surface area contributed by atoms with Crippen LogP contribution in [0.5, 0.6) is 0 Å². The Morgan fingerprint density at radius 2 is 1.93 bits per heavy atom. The molecule has 0 atom stereocenters. The Kier molecular flexibility index (Phi) is 1.95. The van der Waals surface area contributed by atoms with Crippen molar-refractivity contribution in [3.05, 3.63) is 34.9 Å². The third-order valence-electron chi connectivity index (χ3n) is 4.57. The fraction of sp³-hybridized carbons (Fsp3) is 0.600. The first-order chi connectivity index (χ1) is 7.23. The van der Waals surface area contributed by atoms with Gasteiger partial charge in [0.1, 0.15) is 0 Å². The molecule has 80 valence electrons. The average Bonchev–Trinajstić information content (AvgIpc) is 2.55. The van der Waals surface area contributed by atoms with Gasteiger partial charge in [-0.15, -0.1) is 0 Å². The lowest BCUT2D eigenvalue weighted by molar-refractivity contribution is 0.244. The first-order valence-corrected chi connectivity index (χ1v) is 6.35. The number of benzene rings is 1. The molecule has 3 rings (SSSR count). The summed E-state index contributed by atoms with van der Waals surface area (Å²) < 4.78 is 0. The predicted molar refractivity (Wildman–Crippen MR) is 64.4 cm³/mol. The Morgan fingerprint density at radius 3 is 2.53 bits per heavy atom. The van der Waals surface area contributed by atoms with E-state index < -0.39 is 0 Å². The van der Waals surface area contributed by atoms with Gasteiger partial charge in [-0.2, -0.15) is 0 Å². The molecule has 2 aliphatic rings. The topological polar surface area (TPSA) is 0 Å². The van der Waals surface area contributed by atoms with E-state index in [1.54, 1.807) is 16.7 Å². The lowest BCUT2D eigenvalue weighted by Gasteiger charge is -2.39. The Morgan fingerprint density at radius 1 is 1.13 bits per heavy atom. The summed E-state index contributed by atoms with van der Waals surface area (Å²) in [6.45, 7) is 4.64. The average molecular weight is 200 g/mol. The quantitative estimate of drug-likeness (QED) is 0.638. The van der Waals surface area contributed by atoms with Crippen molar-refractivity contribution in [2.45, 2.75) is 57.3 Å². The molecule has 0 heteroatoms. The van der Waals surface area contributed by atoms with Crippen LogP contribution in [0, 0.1) is 0 Å². The molecule has 15 heavy (non-hydrogen) atoms. The molecule has 0 nitrogen and oxygen atoms in total. The van der Waals surface area contributed by atoms with E-state index >= 15 is 0 Å². The Hall–Kier alpha value is -0.780. The molecule has 2 aliphatic carbocycles. The van der Waals surface area contributed by atoms with Crippen LogP contribution in [0.2, 0.25) is 0 Å². The molecule has 0 N–H and O–H groups in total. The van der Waals surface area contributed by atoms with E-state index in [4.69, 9.17) is 0 Å². The van der Waals surface area contributed by atoms with E-state index in [1.165, 1.54) is 32.1 Å². The smallest absolute Gasteiger partial charge is 0.00410 e. The van der Waals surface area contributed by atoms with Gasteiger partial charge in [0.05, 0.1) is 0 Å². The maximum Gasteiger partial charge on any atom is -0.00410 e. The van der Waals surface area contributed by atoms with Crippen LogP contribution in [-0.4, -0.2) is 0 Å². The summed E-state index contributed by atoms with van der Waals surface area (Å²) >= 11 is 0. The van der Waals surface area contributed by atoms with Crippen molar-refractivity contribution in [1.29, 1.82) is 0 Å². The largest absolute Gasteiger partial charge is 0.0617 e. The van der Waals surface area contributed by atoms with Crippen LogP contribution in [-0.2, 0) is 11.8 Å². The minimum Gasteiger partial charge on any atom is -0.0617 e. The fourth-order valence-corrected chi connectivity index (χ4v) is 3.54. The van der Waals surface area contributed by atoms with Gasteiger partial charge in [-0.25, -0.2) is 0 Å². The van der Waals surface area contributed by atoms with Crippen molar-refractivity contribution in [3.8, 4) is 0 Å². The molecule has 1 spiro atoms. The number of rotatable bonds is 1. The van der Waals surface area contributed by atoms with Crippen LogP contribution in [0.4, 0.5) is 0 Å². The minimum absolute atomic E-state index is 0.625. The van der Waals surface area contributed by atoms with Crippen LogP contribution in [0.1, 0.15) is 62.1 Å². The molecule has 1 fully saturated rings. The standard InChI is InChI=1S/C15H20/c1-11(2)12-5-3-6-14-13(12)7-10-15(14)8-4-9-15/h3,5-6,11H,4,7-10H2,1-2H3. The van der Waals surface area contributed by atoms with Gasteiger partial charge >= 0.3 is 0 Å². The lowest BCUT2D eigenvalue weighted by Crippen LogP contribution is -2.31. The Balaban J connectivity index is 2.11. The highest BCUT2D eigenvalue weighted by molar-refractivity contribution is 5.46. The Bertz CT molecular complexity index is 383. The maximum absolute atomic E-state index is 2.40. The first-order valence-electron chi connectivity index (χ1n) is 6.35. The van der Waals surface area contributed by atoms with Gasteiger partial charge in [-0.1, -0.05) is 38.5 Å². The zero-order chi connectivity index (χ0) is 10.5. The zero-order valence-electron chi connectivity index (χ0n) is 9.84. The fourth-order valence-electron chi connectivity index (χ4n) is 3.54. The molecule has 0 heterocycles. The van der Waals surface area contributed by atoms with Crippen LogP contribution in [0.3, 0.4) is 0 Å². The van der Waals surface area contributed by atoms with E-state index in [1.807, 2.05) is 0 Å². The summed E-state index contributed by atoms with van der Waals surface area (Å²) in [5.41, 5.74) is 5.64. The van der Waals surface area contributed by atoms with Crippen LogP contribution in [0.15, 0.2) is 18.2 Å². The molecule has 0 aliphatic heterocycles. The van der Waals surface area contributed by atoms with Crippen molar-refractivity contribution in [2.75, 3.05) is 0 Å². The van der Waals surface area contributed by atoms with Crippen molar-refractivity contribution in [2.24, 2.45) is 0 Å². The molecule has 0 unspecified atom stereocenters. The SMILES string of the molecule is CC(C)c1cccc2c1CCC21CCC1. The van der Waals surface area contributed by atoms with Crippen molar-refractivity contribution in [1.82, 2.24) is 0 Å². The maximum atomic E-state index is 2.40. The monoisotopic (exact) mass is 200 g/mol. The van der Waals surface area contributed by atoms with Crippen molar-refractivity contribution in [3.63, 3.8) is 0 Å². The first kappa shape index (κ1) is 9.45. The van der Waals surface area contributed by atoms with Crippen molar-refractivity contribution < 1.29 is 0 Å². The Labute approximate surface area is 92.7 Å². The normalized spacial score (nSPS) is 21.8. The van der Waals surface area contributed by atoms with Gasteiger partial charge in [-0.3, -0.25) is 0 Å². The van der Waals surface area contributed by atoms with Gasteiger partial charge < -0.3 is 0 Å². The van der Waals surface area contributed by atoms with E-state index in [-0.39, 0.29) is 0 Å². The second kappa shape index (κ2) is 3.10. The summed E-state index contributed by atoms with van der Waals surface area (Å²) in [6.07, 6.45) is 7.10. The molecular weight excluding hydrogens is 180 g/mol. The molecule has 0 bridgehead atoms. The third-order valence-corrected chi connectivity index (χ3v) is 4.57. The number of hydrogen-bond donors (Lipinski definition) is 0. The summed E-state index contributed by atoms with van der Waals surface area (Å²) in [5, 5.41) is 0. The van der Waals surface area contributed by atoms with E-state index in [0.717, 1.165) is 0 Å². The van der Waals surface area contributed by atoms with Gasteiger partial charge in [0.2, 0.25) is 0 Å². The number of fused-ring (bicyclic) bond motifs is 2. The zero-order valence-corrected chi connectivity index (χ0v) is 9.84. The second-order valence-electron chi connectivity index (χ2n) is 5.66. The van der Waals surface area contributed by atoms with E-state index in [9.17, 15) is 0 Å². The molecule has 0 amide bonds. The van der Waals surface area contributed by atoms with Gasteiger partial charge in [0, 0.05) is 0 Å². The molecule has 0 aromatic heterocycles. The van der Waals surface area contributed by atoms with Crippen LogP contribution < -0.4 is 0 Å². The molecule has 1 aromatic rings. The molecular formula is C15H20. The van der Waals surface area contributed by atoms with Gasteiger partial charge in [-0.05, 0) is 53.7 Å². The summed E-state index contributed by atoms with van der Waals surface area (Å²) in [5.74, 6) is 0.690. The third kappa shape index (κ3) is 1.20. The summed E-state index contributed by atoms with van der Waals surface area (Å²) in [4.78, 5) is 0.